The number of methoxy groups -OCH3 is 1. The Hall–Kier alpha value is -1.78. The minimum Gasteiger partial charge on any atom is -0.494 e. The molecule has 90 valence electrons. The van der Waals surface area contributed by atoms with Crippen molar-refractivity contribution >= 4 is 17.3 Å². The summed E-state index contributed by atoms with van der Waals surface area (Å²) in [5.41, 5.74) is 1.20. The van der Waals surface area contributed by atoms with Gasteiger partial charge in [0, 0.05) is 12.1 Å². The number of amides is 1. The molecule has 5 heteroatoms. The van der Waals surface area contributed by atoms with E-state index in [1.807, 2.05) is 0 Å². The van der Waals surface area contributed by atoms with E-state index in [-0.39, 0.29) is 17.7 Å². The van der Waals surface area contributed by atoms with Crippen LogP contribution in [0.15, 0.2) is 12.1 Å². The lowest BCUT2D eigenvalue weighted by atomic mass is 10.1. The molecule has 0 radical (unpaired) electrons. The van der Waals surface area contributed by atoms with Crippen molar-refractivity contribution in [3.63, 3.8) is 0 Å². The summed E-state index contributed by atoms with van der Waals surface area (Å²) in [6.07, 6.45) is 2.14. The predicted molar refractivity (Wildman–Crippen MR) is 61.7 cm³/mol. The second-order valence-electron chi connectivity index (χ2n) is 4.48. The molecule has 1 amide bonds. The SMILES string of the molecule is COc1cc2c(cc1F)NC(=O)C(C1CC1)N2. The van der Waals surface area contributed by atoms with Gasteiger partial charge in [0.15, 0.2) is 11.6 Å². The number of halogens is 1. The van der Waals surface area contributed by atoms with Crippen molar-refractivity contribution in [2.75, 3.05) is 17.7 Å². The average Bonchev–Trinajstić information content (AvgIpc) is 3.11. The molecule has 0 aromatic heterocycles. The summed E-state index contributed by atoms with van der Waals surface area (Å²) in [7, 11) is 1.42. The van der Waals surface area contributed by atoms with Gasteiger partial charge in [0.05, 0.1) is 18.5 Å². The molecule has 4 nitrogen and oxygen atoms in total. The van der Waals surface area contributed by atoms with Gasteiger partial charge in [0.1, 0.15) is 6.04 Å². The number of hydrogen-bond acceptors (Lipinski definition) is 3. The van der Waals surface area contributed by atoms with Gasteiger partial charge >= 0.3 is 0 Å². The molecule has 1 atom stereocenters. The number of carbonyl (C=O) groups is 1. The van der Waals surface area contributed by atoms with Gasteiger partial charge < -0.3 is 15.4 Å². The molecule has 1 unspecified atom stereocenters. The first-order chi connectivity index (χ1) is 8.19. The lowest BCUT2D eigenvalue weighted by Gasteiger charge is -2.27. The van der Waals surface area contributed by atoms with Gasteiger partial charge in [-0.3, -0.25) is 4.79 Å². The lowest BCUT2D eigenvalue weighted by Crippen LogP contribution is -2.40. The first-order valence-electron chi connectivity index (χ1n) is 5.64. The highest BCUT2D eigenvalue weighted by Gasteiger charge is 2.39. The Balaban J connectivity index is 1.96. The Labute approximate surface area is 98.1 Å². The van der Waals surface area contributed by atoms with Crippen LogP contribution in [0, 0.1) is 11.7 Å². The van der Waals surface area contributed by atoms with Crippen LogP contribution < -0.4 is 15.4 Å². The molecule has 0 saturated heterocycles. The van der Waals surface area contributed by atoms with Gasteiger partial charge in [0.2, 0.25) is 5.91 Å². The minimum absolute atomic E-state index is 0.0791. The van der Waals surface area contributed by atoms with Gasteiger partial charge in [-0.25, -0.2) is 4.39 Å². The third-order valence-corrected chi connectivity index (χ3v) is 3.24. The fourth-order valence-electron chi connectivity index (χ4n) is 2.14. The van der Waals surface area contributed by atoms with Crippen LogP contribution in [0.4, 0.5) is 15.8 Å². The van der Waals surface area contributed by atoms with Crippen LogP contribution in [-0.2, 0) is 4.79 Å². The third-order valence-electron chi connectivity index (χ3n) is 3.24. The van der Waals surface area contributed by atoms with E-state index in [0.29, 0.717) is 11.6 Å². The normalized spacial score (nSPS) is 22.5. The first kappa shape index (κ1) is 10.4. The maximum Gasteiger partial charge on any atom is 0.247 e. The molecule has 17 heavy (non-hydrogen) atoms. The van der Waals surface area contributed by atoms with E-state index in [9.17, 15) is 9.18 Å². The van der Waals surface area contributed by atoms with Crippen LogP contribution in [0.25, 0.3) is 0 Å². The molecular weight excluding hydrogens is 223 g/mol. The standard InChI is InChI=1S/C12H13FN2O2/c1-17-10-5-9-8(4-7(10)13)15-12(16)11(14-9)6-2-3-6/h4-6,11,14H,2-3H2,1H3,(H,15,16). The van der Waals surface area contributed by atoms with E-state index >= 15 is 0 Å². The van der Waals surface area contributed by atoms with Crippen molar-refractivity contribution in [3.05, 3.63) is 17.9 Å². The average molecular weight is 236 g/mol. The van der Waals surface area contributed by atoms with Crippen molar-refractivity contribution in [3.8, 4) is 5.75 Å². The number of rotatable bonds is 2. The molecule has 1 aromatic rings. The number of carbonyl (C=O) groups excluding carboxylic acids is 1. The molecule has 3 rings (SSSR count). The fraction of sp³-hybridized carbons (Fsp3) is 0.417. The lowest BCUT2D eigenvalue weighted by molar-refractivity contribution is -0.117. The summed E-state index contributed by atoms with van der Waals surface area (Å²) in [6.45, 7) is 0. The van der Waals surface area contributed by atoms with Crippen LogP contribution in [0.3, 0.4) is 0 Å². The maximum absolute atomic E-state index is 13.5. The summed E-state index contributed by atoms with van der Waals surface area (Å²) in [6, 6.07) is 2.67. The monoisotopic (exact) mass is 236 g/mol. The zero-order valence-electron chi connectivity index (χ0n) is 9.42. The third kappa shape index (κ3) is 1.71. The molecule has 1 fully saturated rings. The zero-order valence-corrected chi connectivity index (χ0v) is 9.42. The van der Waals surface area contributed by atoms with Gasteiger partial charge in [-0.1, -0.05) is 0 Å². The number of fused-ring (bicyclic) bond motifs is 1. The van der Waals surface area contributed by atoms with E-state index in [4.69, 9.17) is 4.74 Å². The molecular formula is C12H13FN2O2. The van der Waals surface area contributed by atoms with Crippen molar-refractivity contribution in [1.82, 2.24) is 0 Å². The number of benzene rings is 1. The summed E-state index contributed by atoms with van der Waals surface area (Å²) in [5, 5.41) is 5.88. The Kier molecular flexibility index (Phi) is 2.21. The minimum atomic E-state index is -0.474. The Morgan fingerprint density at radius 3 is 2.76 bits per heavy atom. The highest BCUT2D eigenvalue weighted by Crippen LogP contribution is 2.40. The largest absolute Gasteiger partial charge is 0.494 e. The van der Waals surface area contributed by atoms with Crippen LogP contribution >= 0.6 is 0 Å². The topological polar surface area (TPSA) is 50.4 Å². The molecule has 1 aliphatic carbocycles. The molecule has 2 N–H and O–H groups in total. The van der Waals surface area contributed by atoms with Crippen LogP contribution in [-0.4, -0.2) is 19.1 Å². The van der Waals surface area contributed by atoms with Gasteiger partial charge in [0.25, 0.3) is 0 Å². The molecule has 2 aliphatic rings. The maximum atomic E-state index is 13.5. The number of anilines is 2. The highest BCUT2D eigenvalue weighted by molar-refractivity contribution is 6.03. The van der Waals surface area contributed by atoms with Crippen molar-refractivity contribution in [1.29, 1.82) is 0 Å². The zero-order chi connectivity index (χ0) is 12.0. The highest BCUT2D eigenvalue weighted by atomic mass is 19.1. The van der Waals surface area contributed by atoms with Gasteiger partial charge in [-0.15, -0.1) is 0 Å². The first-order valence-corrected chi connectivity index (χ1v) is 5.64. The quantitative estimate of drug-likeness (QED) is 0.825. The van der Waals surface area contributed by atoms with Gasteiger partial charge in [-0.05, 0) is 18.8 Å². The van der Waals surface area contributed by atoms with E-state index < -0.39 is 5.82 Å². The van der Waals surface area contributed by atoms with Crippen molar-refractivity contribution in [2.24, 2.45) is 5.92 Å². The Bertz CT molecular complexity index is 486. The molecule has 1 aliphatic heterocycles. The molecule has 1 aromatic carbocycles. The Morgan fingerprint density at radius 1 is 1.35 bits per heavy atom. The fourth-order valence-corrected chi connectivity index (χ4v) is 2.14. The summed E-state index contributed by atoms with van der Waals surface area (Å²) in [4.78, 5) is 11.8. The predicted octanol–water partition coefficient (Wildman–Crippen LogP) is 1.98. The number of hydrogen-bond donors (Lipinski definition) is 2. The van der Waals surface area contributed by atoms with E-state index in [1.165, 1.54) is 13.2 Å². The van der Waals surface area contributed by atoms with E-state index in [2.05, 4.69) is 10.6 Å². The summed E-state index contributed by atoms with van der Waals surface area (Å²) < 4.78 is 18.4. The molecule has 1 heterocycles. The summed E-state index contributed by atoms with van der Waals surface area (Å²) >= 11 is 0. The van der Waals surface area contributed by atoms with Gasteiger partial charge in [-0.2, -0.15) is 0 Å². The van der Waals surface area contributed by atoms with Crippen molar-refractivity contribution in [2.45, 2.75) is 18.9 Å². The van der Waals surface area contributed by atoms with E-state index in [1.54, 1.807) is 6.07 Å². The smallest absolute Gasteiger partial charge is 0.247 e. The molecule has 0 spiro atoms. The van der Waals surface area contributed by atoms with E-state index in [0.717, 1.165) is 18.5 Å². The molecule has 0 bridgehead atoms. The molecule has 1 saturated carbocycles. The van der Waals surface area contributed by atoms with Crippen LogP contribution in [0.1, 0.15) is 12.8 Å². The van der Waals surface area contributed by atoms with Crippen LogP contribution in [0.5, 0.6) is 5.75 Å². The second-order valence-corrected chi connectivity index (χ2v) is 4.48. The second kappa shape index (κ2) is 3.61. The Morgan fingerprint density at radius 2 is 2.12 bits per heavy atom. The number of nitrogens with one attached hydrogen (secondary N) is 2. The van der Waals surface area contributed by atoms with Crippen molar-refractivity contribution < 1.29 is 13.9 Å². The van der Waals surface area contributed by atoms with Crippen LogP contribution in [0.2, 0.25) is 0 Å². The number of ether oxygens (including phenoxy) is 1. The summed E-state index contributed by atoms with van der Waals surface area (Å²) in [5.74, 6) is 0.0314.